The Morgan fingerprint density at radius 2 is 0.703 bits per heavy atom. The number of fused-ring (bicyclic) bond motifs is 12. The van der Waals surface area contributed by atoms with E-state index in [0.29, 0.717) is 0 Å². The molecule has 0 fully saturated rings. The molecular weight excluding hydrogens is 797 g/mol. The van der Waals surface area contributed by atoms with Gasteiger partial charge in [-0.15, -0.1) is 11.3 Å². The molecule has 5 heteroatoms. The second kappa shape index (κ2) is 13.6. The Kier molecular flexibility index (Phi) is 7.53. The van der Waals surface area contributed by atoms with Crippen LogP contribution in [0.15, 0.2) is 218 Å². The highest BCUT2D eigenvalue weighted by Gasteiger charge is 2.23. The van der Waals surface area contributed by atoms with Crippen LogP contribution >= 0.6 is 11.3 Å². The smallest absolute Gasteiger partial charge is 0.140 e. The van der Waals surface area contributed by atoms with Crippen molar-refractivity contribution < 1.29 is 0 Å². The molecule has 14 rings (SSSR count). The van der Waals surface area contributed by atoms with Crippen molar-refractivity contribution in [1.82, 2.24) is 18.7 Å². The second-order valence-corrected chi connectivity index (χ2v) is 17.8. The number of hydrogen-bond acceptors (Lipinski definition) is 2. The number of pyridine rings is 1. The fourth-order valence-electron chi connectivity index (χ4n) is 10.6. The van der Waals surface area contributed by atoms with Gasteiger partial charge in [0.25, 0.3) is 0 Å². The molecule has 14 aromatic rings. The lowest BCUT2D eigenvalue weighted by Crippen LogP contribution is -2.06. The van der Waals surface area contributed by atoms with Crippen LogP contribution in [0.5, 0.6) is 0 Å². The van der Waals surface area contributed by atoms with Crippen molar-refractivity contribution in [3.05, 3.63) is 218 Å². The molecule has 4 nitrogen and oxygen atoms in total. The number of hydrogen-bond donors (Lipinski definition) is 0. The predicted molar refractivity (Wildman–Crippen MR) is 271 cm³/mol. The fourth-order valence-corrected chi connectivity index (χ4v) is 11.7. The van der Waals surface area contributed by atoms with Crippen molar-refractivity contribution in [1.29, 1.82) is 0 Å². The minimum atomic E-state index is 0.856. The average molecular weight is 833 g/mol. The molecule has 0 spiro atoms. The molecule has 5 aromatic heterocycles. The van der Waals surface area contributed by atoms with Crippen molar-refractivity contribution in [2.45, 2.75) is 0 Å². The Morgan fingerprint density at radius 3 is 1.19 bits per heavy atom. The summed E-state index contributed by atoms with van der Waals surface area (Å²) in [6.07, 6.45) is 0. The Labute approximate surface area is 371 Å². The van der Waals surface area contributed by atoms with Crippen LogP contribution in [0.25, 0.3) is 125 Å². The van der Waals surface area contributed by atoms with Gasteiger partial charge in [0.2, 0.25) is 0 Å². The first kappa shape index (κ1) is 35.4. The number of nitrogens with zero attached hydrogens (tertiary/aromatic N) is 4. The highest BCUT2D eigenvalue weighted by Crippen LogP contribution is 2.45. The Bertz CT molecular complexity index is 3920. The first-order valence-electron chi connectivity index (χ1n) is 21.8. The molecule has 64 heavy (non-hydrogen) atoms. The van der Waals surface area contributed by atoms with E-state index in [2.05, 4.69) is 232 Å². The van der Waals surface area contributed by atoms with Crippen LogP contribution in [0.4, 0.5) is 0 Å². The van der Waals surface area contributed by atoms with E-state index in [1.54, 1.807) is 0 Å². The molecular formula is C59H36N4S. The van der Waals surface area contributed by atoms with Gasteiger partial charge in [0.15, 0.2) is 0 Å². The molecule has 9 aromatic carbocycles. The molecule has 0 bridgehead atoms. The summed E-state index contributed by atoms with van der Waals surface area (Å²) in [6, 6.07) is 79.8. The maximum absolute atomic E-state index is 5.73. The summed E-state index contributed by atoms with van der Waals surface area (Å²) in [6.45, 7) is 0. The zero-order valence-corrected chi connectivity index (χ0v) is 35.3. The zero-order chi connectivity index (χ0) is 41.9. The van der Waals surface area contributed by atoms with Crippen LogP contribution in [0.1, 0.15) is 0 Å². The normalized spacial score (nSPS) is 12.1. The lowest BCUT2D eigenvalue weighted by molar-refractivity contribution is 1.01. The number of rotatable bonds is 5. The summed E-state index contributed by atoms with van der Waals surface area (Å²) in [5.74, 6) is 1.71. The molecule has 5 heterocycles. The van der Waals surface area contributed by atoms with E-state index < -0.39 is 0 Å². The molecule has 0 aliphatic rings. The van der Waals surface area contributed by atoms with Crippen LogP contribution in [-0.4, -0.2) is 18.7 Å². The molecule has 0 aliphatic carbocycles. The second-order valence-electron chi connectivity index (χ2n) is 16.7. The van der Waals surface area contributed by atoms with Crippen molar-refractivity contribution in [2.75, 3.05) is 0 Å². The summed E-state index contributed by atoms with van der Waals surface area (Å²) < 4.78 is 9.77. The van der Waals surface area contributed by atoms with Gasteiger partial charge in [0.1, 0.15) is 11.6 Å². The Balaban J connectivity index is 1.15. The number of benzene rings is 9. The van der Waals surface area contributed by atoms with Gasteiger partial charge in [0, 0.05) is 58.1 Å². The number of para-hydroxylation sites is 6. The molecule has 0 saturated heterocycles. The average Bonchev–Trinajstić information content (AvgIpc) is 4.10. The molecule has 0 saturated carbocycles. The van der Waals surface area contributed by atoms with Crippen molar-refractivity contribution in [3.8, 4) is 39.6 Å². The quantitative estimate of drug-likeness (QED) is 0.170. The van der Waals surface area contributed by atoms with Gasteiger partial charge in [-0.25, -0.2) is 4.98 Å². The molecule has 0 aliphatic heterocycles. The van der Waals surface area contributed by atoms with E-state index in [9.17, 15) is 0 Å². The highest BCUT2D eigenvalue weighted by molar-refractivity contribution is 7.25. The first-order valence-corrected chi connectivity index (χ1v) is 22.6. The third-order valence-corrected chi connectivity index (χ3v) is 14.4. The van der Waals surface area contributed by atoms with Gasteiger partial charge in [-0.1, -0.05) is 152 Å². The molecule has 0 atom stereocenters. The molecule has 0 N–H and O–H groups in total. The molecule has 0 unspecified atom stereocenters. The predicted octanol–water partition coefficient (Wildman–Crippen LogP) is 16.1. The highest BCUT2D eigenvalue weighted by atomic mass is 32.1. The number of aromatic nitrogens is 4. The largest absolute Gasteiger partial charge is 0.309 e. The Hall–Kier alpha value is -8.25. The fraction of sp³-hybridized carbons (Fsp3) is 0. The molecule has 0 amide bonds. The molecule has 0 radical (unpaired) electrons. The van der Waals surface area contributed by atoms with Crippen molar-refractivity contribution in [2.24, 2.45) is 0 Å². The van der Waals surface area contributed by atoms with Crippen molar-refractivity contribution in [3.63, 3.8) is 0 Å². The summed E-state index contributed by atoms with van der Waals surface area (Å²) in [5.41, 5.74) is 12.5. The topological polar surface area (TPSA) is 27.7 Å². The van der Waals surface area contributed by atoms with Gasteiger partial charge >= 0.3 is 0 Å². The summed E-state index contributed by atoms with van der Waals surface area (Å²) in [7, 11) is 0. The van der Waals surface area contributed by atoms with E-state index in [1.807, 2.05) is 11.3 Å². The van der Waals surface area contributed by atoms with Crippen LogP contribution in [-0.2, 0) is 0 Å². The van der Waals surface area contributed by atoms with E-state index in [-0.39, 0.29) is 0 Å². The van der Waals surface area contributed by atoms with E-state index in [1.165, 1.54) is 69.1 Å². The van der Waals surface area contributed by atoms with E-state index >= 15 is 0 Å². The van der Waals surface area contributed by atoms with Crippen molar-refractivity contribution >= 4 is 96.9 Å². The van der Waals surface area contributed by atoms with Gasteiger partial charge in [0.05, 0.1) is 38.8 Å². The maximum atomic E-state index is 5.73. The zero-order valence-electron chi connectivity index (χ0n) is 34.5. The minimum Gasteiger partial charge on any atom is -0.309 e. The van der Waals surface area contributed by atoms with Gasteiger partial charge < -0.3 is 4.57 Å². The third-order valence-electron chi connectivity index (χ3n) is 13.3. The standard InChI is InChI=1S/C59H36N4S/c1-8-24-48-40(16-1)41-17-2-9-25-49(41)61(48)54-30-15-23-39(37-32-33-47-46-22-7-14-31-55(46)64-56(47)34-37)59(54)38-35-57(62-50-26-10-3-18-42(50)43-19-4-11-27-51(43)62)60-58(36-38)63-52-28-12-5-20-44(52)45-21-6-13-29-53(45)63/h1-36H. The van der Waals surface area contributed by atoms with E-state index in [4.69, 9.17) is 4.98 Å². The summed E-state index contributed by atoms with van der Waals surface area (Å²) in [4.78, 5) is 5.73. The summed E-state index contributed by atoms with van der Waals surface area (Å²) in [5, 5.41) is 9.85. The van der Waals surface area contributed by atoms with Crippen LogP contribution in [0, 0.1) is 0 Å². The van der Waals surface area contributed by atoms with Crippen LogP contribution in [0.3, 0.4) is 0 Å². The maximum Gasteiger partial charge on any atom is 0.140 e. The number of thiophene rings is 1. The van der Waals surface area contributed by atoms with Gasteiger partial charge in [-0.2, -0.15) is 0 Å². The van der Waals surface area contributed by atoms with Crippen LogP contribution < -0.4 is 0 Å². The summed E-state index contributed by atoms with van der Waals surface area (Å²) >= 11 is 1.86. The van der Waals surface area contributed by atoms with Crippen LogP contribution in [0.2, 0.25) is 0 Å². The monoisotopic (exact) mass is 832 g/mol. The molecule has 298 valence electrons. The third kappa shape index (κ3) is 5.07. The lowest BCUT2D eigenvalue weighted by atomic mass is 9.92. The Morgan fingerprint density at radius 1 is 0.297 bits per heavy atom. The van der Waals surface area contributed by atoms with Gasteiger partial charge in [-0.05, 0) is 83.4 Å². The minimum absolute atomic E-state index is 0.856. The first-order chi connectivity index (χ1) is 31.8. The lowest BCUT2D eigenvalue weighted by Gasteiger charge is -2.21. The van der Waals surface area contributed by atoms with Gasteiger partial charge in [-0.3, -0.25) is 9.13 Å². The van der Waals surface area contributed by atoms with E-state index in [0.717, 1.165) is 56.1 Å². The SMILES string of the molecule is c1cc(-c2ccc3c(c2)sc2ccccc23)c(-c2cc(-n3c4ccccc4c4ccccc43)nc(-n3c4ccccc4c4ccccc43)c2)c(-n2c3ccccc3c3ccccc32)c1.